The normalized spacial score (nSPS) is 12.0. The van der Waals surface area contributed by atoms with Crippen LogP contribution in [0.4, 0.5) is 0 Å². The summed E-state index contributed by atoms with van der Waals surface area (Å²) in [7, 11) is -2.82. The van der Waals surface area contributed by atoms with E-state index in [9.17, 15) is 0 Å². The van der Waals surface area contributed by atoms with Crippen molar-refractivity contribution in [3.63, 3.8) is 0 Å². The van der Waals surface area contributed by atoms with Gasteiger partial charge in [-0.1, -0.05) is 145 Å². The van der Waals surface area contributed by atoms with Gasteiger partial charge in [-0.25, -0.2) is 0 Å². The molecule has 0 spiro atoms. The van der Waals surface area contributed by atoms with Gasteiger partial charge in [-0.3, -0.25) is 0 Å². The predicted octanol–water partition coefficient (Wildman–Crippen LogP) is 9.88. The number of nitrogens with zero attached hydrogens (tertiary/aromatic N) is 2. The lowest BCUT2D eigenvalue weighted by Gasteiger charge is -2.34. The second-order valence-corrected chi connectivity index (χ2v) is 18.1. The molecule has 3 heteroatoms. The molecule has 0 radical (unpaired) electrons. The Hall–Kier alpha value is -6.42. The van der Waals surface area contributed by atoms with Crippen LogP contribution in [0.5, 0.6) is 0 Å². The van der Waals surface area contributed by atoms with Crippen LogP contribution in [-0.4, -0.2) is 17.2 Å². The van der Waals surface area contributed by atoms with Gasteiger partial charge in [0, 0.05) is 32.9 Å². The van der Waals surface area contributed by atoms with Gasteiger partial charge in [-0.2, -0.15) is 0 Å². The molecule has 2 nitrogen and oxygen atoms in total. The molecule has 0 N–H and O–H groups in total. The lowest BCUT2D eigenvalue weighted by atomic mass is 10.1. The molecule has 8 aromatic carbocycles. The Bertz CT molecular complexity index is 2840. The highest BCUT2D eigenvalue weighted by Crippen LogP contribution is 2.34. The zero-order chi connectivity index (χ0) is 35.5. The minimum Gasteiger partial charge on any atom is -0.309 e. The van der Waals surface area contributed by atoms with Crippen LogP contribution in [0.1, 0.15) is 11.1 Å². The molecule has 0 saturated heterocycles. The lowest BCUT2D eigenvalue weighted by Crippen LogP contribution is -2.74. The number of fused-ring (bicyclic) bond motifs is 6. The van der Waals surface area contributed by atoms with Gasteiger partial charge in [-0.05, 0) is 95.3 Å². The Morgan fingerprint density at radius 3 is 1.26 bits per heavy atom. The summed E-state index contributed by atoms with van der Waals surface area (Å²) in [6, 6.07) is 72.6. The summed E-state index contributed by atoms with van der Waals surface area (Å²) in [5.41, 5.74) is 9.81. The van der Waals surface area contributed by atoms with E-state index in [0.29, 0.717) is 0 Å². The van der Waals surface area contributed by atoms with Crippen LogP contribution in [-0.2, 0) is 0 Å². The maximum Gasteiger partial charge on any atom is 0.179 e. The standard InChI is InChI=1S/C50H38N2Si/c1-35-22-29-48-44(32-35)45-33-36(2)23-30-49(45)52(48)38-24-26-41(27-25-38)53(39-16-8-4-9-17-39,40-18-10-5-11-19-40)42-28-31-50-46(34-42)43-20-12-13-21-47(43)51(50)37-14-6-3-7-15-37/h3-34H,1-2H3. The molecule has 0 saturated carbocycles. The molecule has 0 aliphatic heterocycles. The second kappa shape index (κ2) is 12.4. The third-order valence-electron chi connectivity index (χ3n) is 11.2. The minimum atomic E-state index is -2.82. The van der Waals surface area contributed by atoms with Gasteiger partial charge in [0.2, 0.25) is 0 Å². The van der Waals surface area contributed by atoms with E-state index >= 15 is 0 Å². The van der Waals surface area contributed by atoms with Crippen molar-refractivity contribution in [2.45, 2.75) is 13.8 Å². The van der Waals surface area contributed by atoms with E-state index in [-0.39, 0.29) is 0 Å². The smallest absolute Gasteiger partial charge is 0.179 e. The number of rotatable bonds is 6. The van der Waals surface area contributed by atoms with Crippen molar-refractivity contribution in [2.75, 3.05) is 0 Å². The lowest BCUT2D eigenvalue weighted by molar-refractivity contribution is 1.18. The van der Waals surface area contributed by atoms with Crippen LogP contribution < -0.4 is 20.7 Å². The number of aryl methyl sites for hydroxylation is 2. The maximum atomic E-state index is 2.51. The fourth-order valence-electron chi connectivity index (χ4n) is 8.83. The monoisotopic (exact) mass is 694 g/mol. The molecule has 0 fully saturated rings. The first-order valence-corrected chi connectivity index (χ1v) is 20.4. The molecule has 2 aromatic heterocycles. The van der Waals surface area contributed by atoms with Gasteiger partial charge in [0.1, 0.15) is 0 Å². The van der Waals surface area contributed by atoms with Gasteiger partial charge in [0.15, 0.2) is 8.07 Å². The van der Waals surface area contributed by atoms with Crippen LogP contribution in [0, 0.1) is 13.8 Å². The topological polar surface area (TPSA) is 9.86 Å². The van der Waals surface area contributed by atoms with Crippen molar-refractivity contribution in [3.05, 3.63) is 205 Å². The molecule has 2 heterocycles. The minimum absolute atomic E-state index is 1.17. The van der Waals surface area contributed by atoms with Crippen molar-refractivity contribution >= 4 is 72.4 Å². The summed E-state index contributed by atoms with van der Waals surface area (Å²) in [5.74, 6) is 0. The molecular weight excluding hydrogens is 657 g/mol. The molecule has 0 aliphatic rings. The summed E-state index contributed by atoms with van der Waals surface area (Å²) in [4.78, 5) is 0. The highest BCUT2D eigenvalue weighted by Gasteiger charge is 2.41. The van der Waals surface area contributed by atoms with Crippen LogP contribution >= 0.6 is 0 Å². The summed E-state index contributed by atoms with van der Waals surface area (Å²) in [6.07, 6.45) is 0. The molecule has 0 bridgehead atoms. The fraction of sp³-hybridized carbons (Fsp3) is 0.0400. The number of hydrogen-bond donors (Lipinski definition) is 0. The number of para-hydroxylation sites is 2. The molecule has 0 unspecified atom stereocenters. The van der Waals surface area contributed by atoms with Crippen molar-refractivity contribution < 1.29 is 0 Å². The highest BCUT2D eigenvalue weighted by atomic mass is 28.3. The Kier molecular flexibility index (Phi) is 7.31. The maximum absolute atomic E-state index is 2.82. The average Bonchev–Trinajstić information content (AvgIpc) is 3.71. The van der Waals surface area contributed by atoms with Gasteiger partial charge in [0.05, 0.1) is 22.1 Å². The second-order valence-electron chi connectivity index (χ2n) is 14.3. The molecule has 53 heavy (non-hydrogen) atoms. The fourth-order valence-corrected chi connectivity index (χ4v) is 13.6. The summed E-state index contributed by atoms with van der Waals surface area (Å²) in [6.45, 7) is 4.36. The largest absolute Gasteiger partial charge is 0.309 e. The molecule has 252 valence electrons. The third kappa shape index (κ3) is 4.85. The SMILES string of the molecule is Cc1ccc2c(c1)c1cc(C)ccc1n2-c1ccc([Si](c2ccccc2)(c2ccccc2)c2ccc3c(c2)c2ccccc2n3-c2ccccc2)cc1. The number of benzene rings is 8. The molecule has 10 rings (SSSR count). The highest BCUT2D eigenvalue weighted by molar-refractivity contribution is 7.20. The average molecular weight is 695 g/mol. The van der Waals surface area contributed by atoms with Crippen LogP contribution in [0.25, 0.3) is 55.0 Å². The molecule has 0 aliphatic carbocycles. The third-order valence-corrected chi connectivity index (χ3v) is 15.9. The van der Waals surface area contributed by atoms with Gasteiger partial charge in [-0.15, -0.1) is 0 Å². The van der Waals surface area contributed by atoms with Crippen LogP contribution in [0.3, 0.4) is 0 Å². The van der Waals surface area contributed by atoms with Crippen molar-refractivity contribution in [1.29, 1.82) is 0 Å². The Labute approximate surface area is 310 Å². The van der Waals surface area contributed by atoms with E-state index in [1.807, 2.05) is 0 Å². The van der Waals surface area contributed by atoms with E-state index in [2.05, 4.69) is 217 Å². The van der Waals surface area contributed by atoms with Crippen LogP contribution in [0.2, 0.25) is 0 Å². The van der Waals surface area contributed by atoms with Gasteiger partial charge < -0.3 is 9.13 Å². The summed E-state index contributed by atoms with van der Waals surface area (Å²) < 4.78 is 4.85. The van der Waals surface area contributed by atoms with Crippen molar-refractivity contribution in [3.8, 4) is 11.4 Å². The Balaban J connectivity index is 1.24. The zero-order valence-corrected chi connectivity index (χ0v) is 30.9. The van der Waals surface area contributed by atoms with E-state index in [4.69, 9.17) is 0 Å². The molecule has 10 aromatic rings. The first kappa shape index (κ1) is 31.3. The molecular formula is C50H38N2Si. The van der Waals surface area contributed by atoms with Gasteiger partial charge >= 0.3 is 0 Å². The van der Waals surface area contributed by atoms with E-state index in [0.717, 1.165) is 0 Å². The number of hydrogen-bond acceptors (Lipinski definition) is 0. The molecule has 0 atom stereocenters. The zero-order valence-electron chi connectivity index (χ0n) is 29.9. The Morgan fingerprint density at radius 2 is 0.698 bits per heavy atom. The van der Waals surface area contributed by atoms with E-state index in [1.165, 1.54) is 86.9 Å². The van der Waals surface area contributed by atoms with E-state index < -0.39 is 8.07 Å². The molecule has 0 amide bonds. The van der Waals surface area contributed by atoms with Crippen LogP contribution in [0.15, 0.2) is 194 Å². The van der Waals surface area contributed by atoms with Crippen molar-refractivity contribution in [2.24, 2.45) is 0 Å². The quantitative estimate of drug-likeness (QED) is 0.121. The Morgan fingerprint density at radius 1 is 0.302 bits per heavy atom. The number of aromatic nitrogens is 2. The summed E-state index contributed by atoms with van der Waals surface area (Å²) in [5, 5.41) is 10.6. The first-order valence-electron chi connectivity index (χ1n) is 18.4. The first-order chi connectivity index (χ1) is 26.1. The summed E-state index contributed by atoms with van der Waals surface area (Å²) >= 11 is 0. The predicted molar refractivity (Wildman–Crippen MR) is 228 cm³/mol. The van der Waals surface area contributed by atoms with Gasteiger partial charge in [0.25, 0.3) is 0 Å². The van der Waals surface area contributed by atoms with E-state index in [1.54, 1.807) is 0 Å². The van der Waals surface area contributed by atoms with Crippen molar-refractivity contribution in [1.82, 2.24) is 9.13 Å².